The second-order valence-corrected chi connectivity index (χ2v) is 6.88. The quantitative estimate of drug-likeness (QED) is 0.826. The van der Waals surface area contributed by atoms with Crippen molar-refractivity contribution < 1.29 is 0 Å². The minimum atomic E-state index is -0.103. The van der Waals surface area contributed by atoms with E-state index in [0.29, 0.717) is 5.16 Å². The molecule has 21 heavy (non-hydrogen) atoms. The maximum absolute atomic E-state index is 4.64. The molecule has 6 nitrogen and oxygen atoms in total. The molecule has 2 aromatic heterocycles. The fourth-order valence-electron chi connectivity index (χ4n) is 1.62. The van der Waals surface area contributed by atoms with Gasteiger partial charge in [0.2, 0.25) is 5.16 Å². The summed E-state index contributed by atoms with van der Waals surface area (Å²) in [6.45, 7) is 11.2. The van der Waals surface area contributed by atoms with Gasteiger partial charge in [0.25, 0.3) is 0 Å². The molecule has 0 spiro atoms. The Morgan fingerprint density at radius 1 is 1.24 bits per heavy atom. The Morgan fingerprint density at radius 3 is 2.57 bits per heavy atom. The minimum absolute atomic E-state index is 0.103. The summed E-state index contributed by atoms with van der Waals surface area (Å²) in [6, 6.07) is 1.95. The molecule has 0 saturated heterocycles. The van der Waals surface area contributed by atoms with Crippen molar-refractivity contribution in [2.75, 3.05) is 11.9 Å². The number of hydrogen-bond acceptors (Lipinski definition) is 6. The number of aromatic amines is 1. The first kappa shape index (κ1) is 15.8. The zero-order chi connectivity index (χ0) is 15.5. The Balaban J connectivity index is 2.30. The lowest BCUT2D eigenvalue weighted by Gasteiger charge is -2.18. The van der Waals surface area contributed by atoms with Gasteiger partial charge in [0.05, 0.1) is 0 Å². The van der Waals surface area contributed by atoms with E-state index in [2.05, 4.69) is 58.2 Å². The summed E-state index contributed by atoms with van der Waals surface area (Å²) in [5.74, 6) is 2.47. The van der Waals surface area contributed by atoms with Gasteiger partial charge in [-0.2, -0.15) is 0 Å². The monoisotopic (exact) mass is 306 g/mol. The smallest absolute Gasteiger partial charge is 0.214 e. The molecule has 0 saturated carbocycles. The molecule has 2 aromatic rings. The largest absolute Gasteiger partial charge is 0.370 e. The summed E-state index contributed by atoms with van der Waals surface area (Å²) >= 11 is 1.44. The molecule has 0 bridgehead atoms. The summed E-state index contributed by atoms with van der Waals surface area (Å²) in [5, 5.41) is 11.8. The highest BCUT2D eigenvalue weighted by atomic mass is 32.2. The van der Waals surface area contributed by atoms with Gasteiger partial charge in [0.15, 0.2) is 0 Å². The third-order valence-corrected chi connectivity index (χ3v) is 3.49. The number of H-pyrrole nitrogens is 1. The van der Waals surface area contributed by atoms with Gasteiger partial charge in [-0.05, 0) is 25.1 Å². The van der Waals surface area contributed by atoms with E-state index in [1.54, 1.807) is 0 Å². The van der Waals surface area contributed by atoms with Crippen LogP contribution in [0.4, 0.5) is 5.82 Å². The predicted molar refractivity (Wildman–Crippen MR) is 84.8 cm³/mol. The molecule has 0 aliphatic carbocycles. The van der Waals surface area contributed by atoms with Gasteiger partial charge in [-0.1, -0.05) is 27.7 Å². The zero-order valence-corrected chi connectivity index (χ0v) is 14.0. The van der Waals surface area contributed by atoms with Gasteiger partial charge in [-0.25, -0.2) is 15.0 Å². The van der Waals surface area contributed by atoms with E-state index < -0.39 is 0 Å². The lowest BCUT2D eigenvalue weighted by Crippen LogP contribution is -2.17. The van der Waals surface area contributed by atoms with Crippen LogP contribution in [-0.4, -0.2) is 31.7 Å². The van der Waals surface area contributed by atoms with E-state index in [4.69, 9.17) is 0 Å². The lowest BCUT2D eigenvalue weighted by molar-refractivity contribution is 0.539. The van der Waals surface area contributed by atoms with Crippen LogP contribution in [-0.2, 0) is 5.41 Å². The standard InChI is InChI=1S/C14H22N6S/c1-6-7-15-10-8-11(18-12(17-10)14(3,4)5)21-13-16-9(2)19-20-13/h8H,6-7H2,1-5H3,(H,15,17,18)(H,16,19,20). The second-order valence-electron chi connectivity index (χ2n) is 5.90. The number of anilines is 1. The Labute approximate surface area is 129 Å². The Morgan fingerprint density at radius 2 is 2.00 bits per heavy atom. The average molecular weight is 306 g/mol. The normalized spacial score (nSPS) is 11.7. The van der Waals surface area contributed by atoms with Crippen LogP contribution in [0.3, 0.4) is 0 Å². The average Bonchev–Trinajstić information content (AvgIpc) is 2.80. The van der Waals surface area contributed by atoms with Crippen LogP contribution in [0.1, 0.15) is 45.8 Å². The molecule has 0 aliphatic heterocycles. The lowest BCUT2D eigenvalue weighted by atomic mass is 9.96. The van der Waals surface area contributed by atoms with E-state index in [-0.39, 0.29) is 5.41 Å². The third-order valence-electron chi connectivity index (χ3n) is 2.70. The maximum Gasteiger partial charge on any atom is 0.214 e. The van der Waals surface area contributed by atoms with Crippen molar-refractivity contribution in [3.05, 3.63) is 17.7 Å². The van der Waals surface area contributed by atoms with Crippen LogP contribution in [0, 0.1) is 6.92 Å². The zero-order valence-electron chi connectivity index (χ0n) is 13.2. The second kappa shape index (κ2) is 6.43. The molecule has 0 unspecified atom stereocenters. The van der Waals surface area contributed by atoms with Crippen molar-refractivity contribution in [1.82, 2.24) is 25.1 Å². The minimum Gasteiger partial charge on any atom is -0.370 e. The molecule has 0 atom stereocenters. The molecule has 0 aromatic carbocycles. The summed E-state index contributed by atoms with van der Waals surface area (Å²) in [4.78, 5) is 13.5. The van der Waals surface area contributed by atoms with E-state index in [9.17, 15) is 0 Å². The summed E-state index contributed by atoms with van der Waals surface area (Å²) in [5.41, 5.74) is -0.103. The van der Waals surface area contributed by atoms with Crippen LogP contribution in [0.25, 0.3) is 0 Å². The molecule has 2 heterocycles. The van der Waals surface area contributed by atoms with E-state index in [1.807, 2.05) is 13.0 Å². The van der Waals surface area contributed by atoms with E-state index >= 15 is 0 Å². The predicted octanol–water partition coefficient (Wildman–Crippen LogP) is 3.17. The van der Waals surface area contributed by atoms with Crippen molar-refractivity contribution in [2.24, 2.45) is 0 Å². The SMILES string of the molecule is CCCNc1cc(Sc2n[nH]c(C)n2)nc(C(C)(C)C)n1. The first-order valence-electron chi connectivity index (χ1n) is 7.09. The summed E-state index contributed by atoms with van der Waals surface area (Å²) in [6.07, 6.45) is 1.05. The highest BCUT2D eigenvalue weighted by molar-refractivity contribution is 7.99. The fourth-order valence-corrected chi connectivity index (χ4v) is 2.38. The highest BCUT2D eigenvalue weighted by Gasteiger charge is 2.20. The third kappa shape index (κ3) is 4.42. The first-order valence-corrected chi connectivity index (χ1v) is 7.90. The van der Waals surface area contributed by atoms with Crippen molar-refractivity contribution in [3.8, 4) is 0 Å². The van der Waals surface area contributed by atoms with Gasteiger partial charge < -0.3 is 5.32 Å². The number of hydrogen-bond donors (Lipinski definition) is 2. The molecule has 0 fully saturated rings. The molecule has 2 rings (SSSR count). The number of aromatic nitrogens is 5. The Hall–Kier alpha value is -1.63. The van der Waals surface area contributed by atoms with E-state index in [1.165, 1.54) is 11.8 Å². The number of nitrogens with zero attached hydrogens (tertiary/aromatic N) is 4. The molecule has 114 valence electrons. The molecule has 7 heteroatoms. The number of nitrogens with one attached hydrogen (secondary N) is 2. The topological polar surface area (TPSA) is 79.4 Å². The Bertz CT molecular complexity index is 602. The van der Waals surface area contributed by atoms with Gasteiger partial charge in [0.1, 0.15) is 22.5 Å². The van der Waals surface area contributed by atoms with E-state index in [0.717, 1.165) is 35.5 Å². The molecule has 0 radical (unpaired) electrons. The first-order chi connectivity index (χ1) is 9.88. The van der Waals surface area contributed by atoms with Crippen LogP contribution in [0.2, 0.25) is 0 Å². The van der Waals surface area contributed by atoms with Crippen LogP contribution in [0.15, 0.2) is 16.2 Å². The van der Waals surface area contributed by atoms with Gasteiger partial charge >= 0.3 is 0 Å². The van der Waals surface area contributed by atoms with Gasteiger partial charge in [-0.3, -0.25) is 5.10 Å². The molecule has 2 N–H and O–H groups in total. The number of rotatable bonds is 5. The van der Waals surface area contributed by atoms with Crippen LogP contribution in [0.5, 0.6) is 0 Å². The van der Waals surface area contributed by atoms with Crippen molar-refractivity contribution in [3.63, 3.8) is 0 Å². The molecule has 0 aliphatic rings. The molecular formula is C14H22N6S. The highest BCUT2D eigenvalue weighted by Crippen LogP contribution is 2.28. The number of aryl methyl sites for hydroxylation is 1. The van der Waals surface area contributed by atoms with Gasteiger partial charge in [0, 0.05) is 18.0 Å². The van der Waals surface area contributed by atoms with Crippen molar-refractivity contribution >= 4 is 17.6 Å². The van der Waals surface area contributed by atoms with Crippen LogP contribution >= 0.6 is 11.8 Å². The van der Waals surface area contributed by atoms with Crippen LogP contribution < -0.4 is 5.32 Å². The molecule has 0 amide bonds. The Kier molecular flexibility index (Phi) is 4.82. The van der Waals surface area contributed by atoms with Crippen molar-refractivity contribution in [1.29, 1.82) is 0 Å². The fraction of sp³-hybridized carbons (Fsp3) is 0.571. The molecular weight excluding hydrogens is 284 g/mol. The van der Waals surface area contributed by atoms with Crippen molar-refractivity contribution in [2.45, 2.75) is 56.6 Å². The maximum atomic E-state index is 4.64. The summed E-state index contributed by atoms with van der Waals surface area (Å²) in [7, 11) is 0. The summed E-state index contributed by atoms with van der Waals surface area (Å²) < 4.78 is 0. The van der Waals surface area contributed by atoms with Gasteiger partial charge in [-0.15, -0.1) is 5.10 Å².